The molecule has 2 N–H and O–H groups in total. The number of Topliss-reactive ketones (excluding diaryl/α,β-unsaturated/α-hetero) is 1. The second-order valence-electron chi connectivity index (χ2n) is 7.35. The number of nitrogens with zero attached hydrogens (tertiary/aromatic N) is 1. The van der Waals surface area contributed by atoms with E-state index in [9.17, 15) is 14.4 Å². The summed E-state index contributed by atoms with van der Waals surface area (Å²) in [7, 11) is 2.72. The van der Waals surface area contributed by atoms with E-state index in [2.05, 4.69) is 5.32 Å². The molecule has 164 valence electrons. The molecule has 2 aromatic carbocycles. The summed E-state index contributed by atoms with van der Waals surface area (Å²) >= 11 is 0. The first kappa shape index (κ1) is 22.6. The molecule has 1 heterocycles. The van der Waals surface area contributed by atoms with E-state index >= 15 is 0 Å². The lowest BCUT2D eigenvalue weighted by Gasteiger charge is -2.25. The van der Waals surface area contributed by atoms with Crippen molar-refractivity contribution in [2.24, 2.45) is 0 Å². The number of hydrogen-bond acceptors (Lipinski definition) is 6. The normalized spacial score (nSPS) is 15.9. The number of carbonyl (C=O) groups excluding carboxylic acids is 3. The van der Waals surface area contributed by atoms with Gasteiger partial charge in [0.2, 0.25) is 5.91 Å². The monoisotopic (exact) mass is 426 g/mol. The Morgan fingerprint density at radius 3 is 2.03 bits per heavy atom. The van der Waals surface area contributed by atoms with Crippen molar-refractivity contribution in [3.05, 3.63) is 59.7 Å². The summed E-state index contributed by atoms with van der Waals surface area (Å²) in [4.78, 5) is 37.8. The predicted octanol–water partition coefficient (Wildman–Crippen LogP) is 1.32. The number of likely N-dealkylation sites (N-methyl/N-ethyl adjacent to an activating group) is 2. The Hall–Kier alpha value is -3.07. The van der Waals surface area contributed by atoms with E-state index in [1.165, 1.54) is 14.1 Å². The number of amides is 2. The smallest absolute Gasteiger partial charge is 0.254 e. The van der Waals surface area contributed by atoms with Crippen molar-refractivity contribution in [2.75, 3.05) is 33.9 Å². The van der Waals surface area contributed by atoms with Gasteiger partial charge < -0.3 is 24.8 Å². The highest BCUT2D eigenvalue weighted by atomic mass is 16.7. The topological polar surface area (TPSA) is 105 Å². The quantitative estimate of drug-likeness (QED) is 0.647. The minimum absolute atomic E-state index is 0.322. The average Bonchev–Trinajstić information content (AvgIpc) is 3.26. The van der Waals surface area contributed by atoms with Crippen molar-refractivity contribution in [2.45, 2.75) is 18.8 Å². The van der Waals surface area contributed by atoms with Crippen molar-refractivity contribution >= 4 is 17.6 Å². The third kappa shape index (κ3) is 4.66. The van der Waals surface area contributed by atoms with Gasteiger partial charge in [0.15, 0.2) is 17.6 Å². The van der Waals surface area contributed by atoms with E-state index in [1.54, 1.807) is 24.3 Å². The number of ketones is 1. The molecular weight excluding hydrogens is 400 g/mol. The first-order valence-corrected chi connectivity index (χ1v) is 9.92. The van der Waals surface area contributed by atoms with Crippen LogP contribution in [0.1, 0.15) is 22.8 Å². The summed E-state index contributed by atoms with van der Waals surface area (Å²) in [5, 5.41) is 11.5. The lowest BCUT2D eigenvalue weighted by atomic mass is 9.99. The van der Waals surface area contributed by atoms with E-state index in [4.69, 9.17) is 14.6 Å². The molecule has 0 saturated carbocycles. The van der Waals surface area contributed by atoms with Gasteiger partial charge in [0, 0.05) is 25.2 Å². The maximum Gasteiger partial charge on any atom is 0.254 e. The molecule has 2 aromatic rings. The van der Waals surface area contributed by atoms with Gasteiger partial charge >= 0.3 is 0 Å². The second-order valence-corrected chi connectivity index (χ2v) is 7.35. The minimum Gasteiger partial charge on any atom is -0.388 e. The molecule has 1 atom stereocenters. The third-order valence-electron chi connectivity index (χ3n) is 5.38. The standard InChI is InChI=1S/C23H26N2O6/c1-23(30-12-13-31-23)18-10-8-16(9-11-18)15-4-6-17(7-5-15)22(29)25(3)20(19(27)14-26)21(28)24-2/h4-11,20,26H,12-14H2,1-3H3,(H,24,28). The molecular formula is C23H26N2O6. The number of aliphatic hydroxyl groups excluding tert-OH is 1. The van der Waals surface area contributed by atoms with E-state index in [0.29, 0.717) is 18.8 Å². The number of ether oxygens (including phenoxy) is 2. The van der Waals surface area contributed by atoms with E-state index in [-0.39, 0.29) is 0 Å². The van der Waals surface area contributed by atoms with Crippen LogP contribution in [0.2, 0.25) is 0 Å². The first-order valence-electron chi connectivity index (χ1n) is 9.92. The van der Waals surface area contributed by atoms with Crippen molar-refractivity contribution in [3.63, 3.8) is 0 Å². The number of nitrogens with one attached hydrogen (secondary N) is 1. The van der Waals surface area contributed by atoms with E-state index < -0.39 is 36.0 Å². The van der Waals surface area contributed by atoms with Gasteiger partial charge in [-0.25, -0.2) is 0 Å². The summed E-state index contributed by atoms with van der Waals surface area (Å²) in [5.41, 5.74) is 3.11. The summed E-state index contributed by atoms with van der Waals surface area (Å²) in [5.74, 6) is -2.64. The van der Waals surface area contributed by atoms with Crippen molar-refractivity contribution in [1.29, 1.82) is 0 Å². The molecule has 0 radical (unpaired) electrons. The van der Waals surface area contributed by atoms with Gasteiger partial charge in [-0.2, -0.15) is 0 Å². The second kappa shape index (κ2) is 9.38. The molecule has 0 bridgehead atoms. The zero-order chi connectivity index (χ0) is 22.6. The Bertz CT molecular complexity index is 933. The highest BCUT2D eigenvalue weighted by molar-refractivity contribution is 6.10. The summed E-state index contributed by atoms with van der Waals surface area (Å²) < 4.78 is 11.3. The van der Waals surface area contributed by atoms with Crippen molar-refractivity contribution in [3.8, 4) is 11.1 Å². The van der Waals surface area contributed by atoms with Crippen LogP contribution in [0, 0.1) is 0 Å². The molecule has 2 amide bonds. The fourth-order valence-corrected chi connectivity index (χ4v) is 3.53. The van der Waals surface area contributed by atoms with Gasteiger partial charge in [-0.3, -0.25) is 14.4 Å². The fraction of sp³-hybridized carbons (Fsp3) is 0.348. The van der Waals surface area contributed by atoms with Crippen LogP contribution in [-0.4, -0.2) is 67.6 Å². The molecule has 8 heteroatoms. The molecule has 8 nitrogen and oxygen atoms in total. The van der Waals surface area contributed by atoms with E-state index in [1.807, 2.05) is 31.2 Å². The fourth-order valence-electron chi connectivity index (χ4n) is 3.53. The Morgan fingerprint density at radius 2 is 1.55 bits per heavy atom. The summed E-state index contributed by atoms with van der Waals surface area (Å²) in [6, 6.07) is 13.3. The van der Waals surface area contributed by atoms with Crippen LogP contribution in [-0.2, 0) is 24.8 Å². The van der Waals surface area contributed by atoms with Crippen LogP contribution in [0.15, 0.2) is 48.5 Å². The van der Waals surface area contributed by atoms with Crippen molar-refractivity contribution in [1.82, 2.24) is 10.2 Å². The Labute approximate surface area is 180 Å². The third-order valence-corrected chi connectivity index (χ3v) is 5.38. The van der Waals surface area contributed by atoms with Gasteiger partial charge in [0.05, 0.1) is 13.2 Å². The highest BCUT2D eigenvalue weighted by Gasteiger charge is 2.33. The van der Waals surface area contributed by atoms with Crippen LogP contribution < -0.4 is 5.32 Å². The van der Waals surface area contributed by atoms with Gasteiger partial charge in [-0.1, -0.05) is 36.4 Å². The molecule has 0 aliphatic carbocycles. The minimum atomic E-state index is -1.39. The van der Waals surface area contributed by atoms with Gasteiger partial charge in [0.25, 0.3) is 5.91 Å². The Kier molecular flexibility index (Phi) is 6.84. The van der Waals surface area contributed by atoms with Crippen LogP contribution in [0.25, 0.3) is 11.1 Å². The van der Waals surface area contributed by atoms with Crippen LogP contribution in [0.4, 0.5) is 0 Å². The van der Waals surface area contributed by atoms with Gasteiger partial charge in [0.1, 0.15) is 6.61 Å². The lowest BCUT2D eigenvalue weighted by Crippen LogP contribution is -2.52. The number of aliphatic hydroxyl groups is 1. The van der Waals surface area contributed by atoms with Gasteiger partial charge in [-0.15, -0.1) is 0 Å². The molecule has 1 aliphatic rings. The molecule has 3 rings (SSSR count). The maximum absolute atomic E-state index is 12.8. The predicted molar refractivity (Wildman–Crippen MR) is 113 cm³/mol. The zero-order valence-corrected chi connectivity index (χ0v) is 17.8. The summed E-state index contributed by atoms with van der Waals surface area (Å²) in [6.45, 7) is 2.18. The molecule has 1 saturated heterocycles. The number of rotatable bonds is 7. The molecule has 0 spiro atoms. The number of hydrogen-bond donors (Lipinski definition) is 2. The average molecular weight is 426 g/mol. The number of carbonyl (C=O) groups is 3. The van der Waals surface area contributed by atoms with E-state index in [0.717, 1.165) is 21.6 Å². The molecule has 31 heavy (non-hydrogen) atoms. The SMILES string of the molecule is CNC(=O)C(C(=O)CO)N(C)C(=O)c1ccc(-c2ccc(C3(C)OCCO3)cc2)cc1. The maximum atomic E-state index is 12.8. The van der Waals surface area contributed by atoms with Crippen LogP contribution in [0.5, 0.6) is 0 Å². The molecule has 1 unspecified atom stereocenters. The zero-order valence-electron chi connectivity index (χ0n) is 17.8. The van der Waals surface area contributed by atoms with Crippen LogP contribution >= 0.6 is 0 Å². The largest absolute Gasteiger partial charge is 0.388 e. The molecule has 1 fully saturated rings. The highest BCUT2D eigenvalue weighted by Crippen LogP contribution is 2.32. The number of benzene rings is 2. The molecule has 1 aliphatic heterocycles. The first-order chi connectivity index (χ1) is 14.8. The van der Waals surface area contributed by atoms with Gasteiger partial charge in [-0.05, 0) is 30.2 Å². The molecule has 0 aromatic heterocycles. The Morgan fingerprint density at radius 1 is 1.03 bits per heavy atom. The van der Waals surface area contributed by atoms with Crippen molar-refractivity contribution < 1.29 is 29.0 Å². The summed E-state index contributed by atoms with van der Waals surface area (Å²) in [6.07, 6.45) is 0. The lowest BCUT2D eigenvalue weighted by molar-refractivity contribution is -0.149. The Balaban J connectivity index is 1.77. The van der Waals surface area contributed by atoms with Crippen LogP contribution in [0.3, 0.4) is 0 Å².